The number of rotatable bonds is 5. The predicted octanol–water partition coefficient (Wildman–Crippen LogP) is 1.76. The Balaban J connectivity index is 3.24. The summed E-state index contributed by atoms with van der Waals surface area (Å²) in [5, 5.41) is 8.89. The molecule has 1 rings (SSSR count). The Kier molecular flexibility index (Phi) is 5.12. The molecule has 0 aromatic heterocycles. The average molecular weight is 322 g/mol. The van der Waals surface area contributed by atoms with E-state index >= 15 is 0 Å². The first-order valence-electron chi connectivity index (χ1n) is 5.30. The van der Waals surface area contributed by atoms with Crippen LogP contribution in [0.15, 0.2) is 27.6 Å². The third-order valence-corrected chi connectivity index (χ3v) is 5.08. The van der Waals surface area contributed by atoms with Crippen molar-refractivity contribution >= 4 is 26.0 Å². The Labute approximate surface area is 110 Å². The maximum absolute atomic E-state index is 12.3. The minimum atomic E-state index is -3.52. The molecule has 96 valence electrons. The standard InChI is InChI=1S/C11H16BrNO3S/c1-3-13(6-7-14)17(15,16)11-8-10(12)5-4-9(11)2/h4-5,8,14H,3,6-7H2,1-2H3. The Hall–Kier alpha value is -0.430. The van der Waals surface area contributed by atoms with E-state index in [-0.39, 0.29) is 18.0 Å². The summed E-state index contributed by atoms with van der Waals surface area (Å²) in [7, 11) is -3.52. The van der Waals surface area contributed by atoms with Crippen LogP contribution in [0, 0.1) is 6.92 Å². The van der Waals surface area contributed by atoms with Gasteiger partial charge in [-0.3, -0.25) is 0 Å². The molecule has 0 fully saturated rings. The Morgan fingerprint density at radius 1 is 1.41 bits per heavy atom. The molecule has 0 saturated carbocycles. The number of aliphatic hydroxyl groups is 1. The van der Waals surface area contributed by atoms with Gasteiger partial charge in [-0.2, -0.15) is 4.31 Å². The minimum absolute atomic E-state index is 0.116. The lowest BCUT2D eigenvalue weighted by Gasteiger charge is -2.20. The smallest absolute Gasteiger partial charge is 0.243 e. The van der Waals surface area contributed by atoms with Crippen LogP contribution in [0.5, 0.6) is 0 Å². The van der Waals surface area contributed by atoms with Gasteiger partial charge in [0.15, 0.2) is 0 Å². The summed E-state index contributed by atoms with van der Waals surface area (Å²) >= 11 is 3.27. The molecule has 0 bridgehead atoms. The average Bonchev–Trinajstić information content (AvgIpc) is 2.28. The van der Waals surface area contributed by atoms with Gasteiger partial charge in [0.25, 0.3) is 0 Å². The summed E-state index contributed by atoms with van der Waals surface area (Å²) in [6, 6.07) is 5.14. The lowest BCUT2D eigenvalue weighted by Crippen LogP contribution is -2.33. The quantitative estimate of drug-likeness (QED) is 0.899. The maximum atomic E-state index is 12.3. The molecule has 0 amide bonds. The molecular formula is C11H16BrNO3S. The third-order valence-electron chi connectivity index (χ3n) is 2.47. The van der Waals surface area contributed by atoms with E-state index < -0.39 is 10.0 Å². The first kappa shape index (κ1) is 14.6. The molecule has 0 aliphatic rings. The van der Waals surface area contributed by atoms with E-state index in [9.17, 15) is 8.42 Å². The van der Waals surface area contributed by atoms with Gasteiger partial charge < -0.3 is 5.11 Å². The molecule has 0 aliphatic carbocycles. The molecule has 0 atom stereocenters. The number of aliphatic hydroxyl groups excluding tert-OH is 1. The normalized spacial score (nSPS) is 12.1. The molecule has 0 radical (unpaired) electrons. The summed E-state index contributed by atoms with van der Waals surface area (Å²) in [6.45, 7) is 3.78. The fourth-order valence-corrected chi connectivity index (χ4v) is 3.75. The predicted molar refractivity (Wildman–Crippen MR) is 70.4 cm³/mol. The molecule has 6 heteroatoms. The Bertz CT molecular complexity index is 487. The van der Waals surface area contributed by atoms with Crippen molar-refractivity contribution in [3.8, 4) is 0 Å². The highest BCUT2D eigenvalue weighted by atomic mass is 79.9. The zero-order chi connectivity index (χ0) is 13.1. The highest BCUT2D eigenvalue weighted by Gasteiger charge is 2.24. The van der Waals surface area contributed by atoms with E-state index in [1.54, 1.807) is 32.0 Å². The van der Waals surface area contributed by atoms with Crippen molar-refractivity contribution in [3.63, 3.8) is 0 Å². The number of sulfonamides is 1. The van der Waals surface area contributed by atoms with Crippen LogP contribution in [0.2, 0.25) is 0 Å². The zero-order valence-electron chi connectivity index (χ0n) is 9.85. The number of nitrogens with zero attached hydrogens (tertiary/aromatic N) is 1. The van der Waals surface area contributed by atoms with Gasteiger partial charge in [0, 0.05) is 17.6 Å². The summed E-state index contributed by atoms with van der Waals surface area (Å²) in [5.41, 5.74) is 0.699. The van der Waals surface area contributed by atoms with Crippen molar-refractivity contribution in [3.05, 3.63) is 28.2 Å². The fraction of sp³-hybridized carbons (Fsp3) is 0.455. The van der Waals surface area contributed by atoms with Crippen molar-refractivity contribution in [2.45, 2.75) is 18.7 Å². The molecule has 0 aliphatic heterocycles. The lowest BCUT2D eigenvalue weighted by atomic mass is 10.2. The van der Waals surface area contributed by atoms with E-state index in [1.807, 2.05) is 0 Å². The van der Waals surface area contributed by atoms with Crippen LogP contribution < -0.4 is 0 Å². The number of hydrogen-bond donors (Lipinski definition) is 1. The van der Waals surface area contributed by atoms with Crippen molar-refractivity contribution in [2.75, 3.05) is 19.7 Å². The maximum Gasteiger partial charge on any atom is 0.243 e. The van der Waals surface area contributed by atoms with Gasteiger partial charge in [-0.25, -0.2) is 8.42 Å². The molecule has 0 saturated heterocycles. The van der Waals surface area contributed by atoms with Crippen molar-refractivity contribution in [1.82, 2.24) is 4.31 Å². The summed E-state index contributed by atoms with van der Waals surface area (Å²) in [4.78, 5) is 0.280. The molecule has 17 heavy (non-hydrogen) atoms. The highest BCUT2D eigenvalue weighted by Crippen LogP contribution is 2.23. The number of hydrogen-bond acceptors (Lipinski definition) is 3. The molecule has 0 heterocycles. The number of halogens is 1. The van der Waals surface area contributed by atoms with Gasteiger partial charge in [0.2, 0.25) is 10.0 Å². The van der Waals surface area contributed by atoms with Crippen LogP contribution >= 0.6 is 15.9 Å². The van der Waals surface area contributed by atoms with E-state index in [4.69, 9.17) is 5.11 Å². The van der Waals surface area contributed by atoms with Crippen molar-refractivity contribution in [1.29, 1.82) is 0 Å². The molecule has 1 aromatic rings. The van der Waals surface area contributed by atoms with Crippen LogP contribution in [-0.4, -0.2) is 37.5 Å². The van der Waals surface area contributed by atoms with E-state index in [0.29, 0.717) is 12.1 Å². The first-order chi connectivity index (χ1) is 7.93. The minimum Gasteiger partial charge on any atom is -0.395 e. The zero-order valence-corrected chi connectivity index (χ0v) is 12.3. The first-order valence-corrected chi connectivity index (χ1v) is 7.54. The van der Waals surface area contributed by atoms with Gasteiger partial charge >= 0.3 is 0 Å². The van der Waals surface area contributed by atoms with Crippen LogP contribution in [0.3, 0.4) is 0 Å². The SMILES string of the molecule is CCN(CCO)S(=O)(=O)c1cc(Br)ccc1C. The van der Waals surface area contributed by atoms with Crippen LogP contribution in [0.1, 0.15) is 12.5 Å². The van der Waals surface area contributed by atoms with Gasteiger partial charge in [-0.05, 0) is 24.6 Å². The molecule has 4 nitrogen and oxygen atoms in total. The van der Waals surface area contributed by atoms with Gasteiger partial charge in [0.05, 0.1) is 11.5 Å². The summed E-state index contributed by atoms with van der Waals surface area (Å²) in [6.07, 6.45) is 0. The number of aryl methyl sites for hydroxylation is 1. The van der Waals surface area contributed by atoms with Crippen molar-refractivity contribution < 1.29 is 13.5 Å². The van der Waals surface area contributed by atoms with Gasteiger partial charge in [0.1, 0.15) is 0 Å². The van der Waals surface area contributed by atoms with Crippen molar-refractivity contribution in [2.24, 2.45) is 0 Å². The van der Waals surface area contributed by atoms with Crippen LogP contribution in [0.25, 0.3) is 0 Å². The molecule has 0 spiro atoms. The second kappa shape index (κ2) is 5.95. The number of benzene rings is 1. The largest absolute Gasteiger partial charge is 0.395 e. The summed E-state index contributed by atoms with van der Waals surface area (Å²) < 4.78 is 26.6. The molecular weight excluding hydrogens is 306 g/mol. The molecule has 0 unspecified atom stereocenters. The number of likely N-dealkylation sites (N-methyl/N-ethyl adjacent to an activating group) is 1. The van der Waals surface area contributed by atoms with Crippen LogP contribution in [-0.2, 0) is 10.0 Å². The fourth-order valence-electron chi connectivity index (χ4n) is 1.55. The lowest BCUT2D eigenvalue weighted by molar-refractivity contribution is 0.257. The Morgan fingerprint density at radius 2 is 2.06 bits per heavy atom. The third kappa shape index (κ3) is 3.28. The van der Waals surface area contributed by atoms with E-state index in [0.717, 1.165) is 4.47 Å². The second-order valence-corrected chi connectivity index (χ2v) is 6.45. The second-order valence-electron chi connectivity index (χ2n) is 3.63. The van der Waals surface area contributed by atoms with E-state index in [1.165, 1.54) is 4.31 Å². The molecule has 1 N–H and O–H groups in total. The van der Waals surface area contributed by atoms with Gasteiger partial charge in [-0.1, -0.05) is 28.9 Å². The monoisotopic (exact) mass is 321 g/mol. The highest BCUT2D eigenvalue weighted by molar-refractivity contribution is 9.10. The Morgan fingerprint density at radius 3 is 2.59 bits per heavy atom. The molecule has 1 aromatic carbocycles. The van der Waals surface area contributed by atoms with Crippen LogP contribution in [0.4, 0.5) is 0 Å². The van der Waals surface area contributed by atoms with Gasteiger partial charge in [-0.15, -0.1) is 0 Å². The van der Waals surface area contributed by atoms with E-state index in [2.05, 4.69) is 15.9 Å². The summed E-state index contributed by atoms with van der Waals surface area (Å²) in [5.74, 6) is 0. The topological polar surface area (TPSA) is 57.6 Å².